The normalized spacial score (nSPS) is 10.5. The summed E-state index contributed by atoms with van der Waals surface area (Å²) < 4.78 is 11.1. The third-order valence-corrected chi connectivity index (χ3v) is 4.82. The van der Waals surface area contributed by atoms with Gasteiger partial charge in [0.15, 0.2) is 23.2 Å². The molecule has 1 heterocycles. The van der Waals surface area contributed by atoms with E-state index in [0.29, 0.717) is 23.2 Å². The van der Waals surface area contributed by atoms with E-state index in [1.54, 1.807) is 6.07 Å². The van der Waals surface area contributed by atoms with E-state index in [1.165, 1.54) is 22.5 Å². The van der Waals surface area contributed by atoms with Crippen molar-refractivity contribution in [3.05, 3.63) is 59.0 Å². The molecule has 140 valence electrons. The van der Waals surface area contributed by atoms with Crippen molar-refractivity contribution < 1.29 is 14.3 Å². The second-order valence-corrected chi connectivity index (χ2v) is 6.91. The minimum atomic E-state index is -0.262. The van der Waals surface area contributed by atoms with Crippen molar-refractivity contribution in [1.82, 2.24) is 4.98 Å². The molecule has 0 saturated heterocycles. The van der Waals surface area contributed by atoms with Crippen LogP contribution in [0.2, 0.25) is 0 Å². The molecule has 0 aliphatic rings. The Morgan fingerprint density at radius 1 is 1.07 bits per heavy atom. The van der Waals surface area contributed by atoms with Crippen molar-refractivity contribution in [2.24, 2.45) is 0 Å². The number of nitrogens with zero attached hydrogens (tertiary/aromatic N) is 1. The Morgan fingerprint density at radius 3 is 2.52 bits per heavy atom. The maximum Gasteiger partial charge on any atom is 0.264 e. The molecule has 0 fully saturated rings. The van der Waals surface area contributed by atoms with E-state index < -0.39 is 0 Å². The van der Waals surface area contributed by atoms with E-state index >= 15 is 0 Å². The summed E-state index contributed by atoms with van der Waals surface area (Å²) in [7, 11) is 0. The number of para-hydroxylation sites is 2. The molecule has 0 unspecified atom stereocenters. The molecule has 0 spiro atoms. The number of hydrogen-bond acceptors (Lipinski definition) is 5. The maximum atomic E-state index is 12.2. The molecule has 1 amide bonds. The van der Waals surface area contributed by atoms with E-state index in [4.69, 9.17) is 9.47 Å². The molecule has 6 heteroatoms. The number of rotatable bonds is 7. The summed E-state index contributed by atoms with van der Waals surface area (Å²) in [6.45, 7) is 6.48. The third-order valence-electron chi connectivity index (χ3n) is 4.06. The van der Waals surface area contributed by atoms with Gasteiger partial charge in [-0.1, -0.05) is 24.3 Å². The van der Waals surface area contributed by atoms with Crippen LogP contribution >= 0.6 is 11.3 Å². The number of amides is 1. The van der Waals surface area contributed by atoms with Gasteiger partial charge in [-0.25, -0.2) is 4.98 Å². The fourth-order valence-electron chi connectivity index (χ4n) is 2.51. The molecule has 0 radical (unpaired) electrons. The van der Waals surface area contributed by atoms with Crippen molar-refractivity contribution in [1.29, 1.82) is 0 Å². The van der Waals surface area contributed by atoms with Gasteiger partial charge in [0.25, 0.3) is 5.91 Å². The van der Waals surface area contributed by atoms with E-state index in [9.17, 15) is 4.79 Å². The van der Waals surface area contributed by atoms with Gasteiger partial charge in [-0.15, -0.1) is 11.3 Å². The Morgan fingerprint density at radius 2 is 1.81 bits per heavy atom. The highest BCUT2D eigenvalue weighted by molar-refractivity contribution is 7.14. The number of carbonyl (C=O) groups is 1. The first-order valence-corrected chi connectivity index (χ1v) is 9.62. The van der Waals surface area contributed by atoms with Gasteiger partial charge in [0.1, 0.15) is 0 Å². The minimum Gasteiger partial charge on any atom is -0.490 e. The first-order valence-electron chi connectivity index (χ1n) is 8.74. The van der Waals surface area contributed by atoms with Crippen LogP contribution in [0.5, 0.6) is 11.5 Å². The van der Waals surface area contributed by atoms with E-state index in [0.717, 1.165) is 11.3 Å². The fourth-order valence-corrected chi connectivity index (χ4v) is 3.24. The number of hydrogen-bond donors (Lipinski definition) is 1. The van der Waals surface area contributed by atoms with Gasteiger partial charge in [-0.2, -0.15) is 0 Å². The van der Waals surface area contributed by atoms with E-state index in [1.807, 2.05) is 36.6 Å². The van der Waals surface area contributed by atoms with Crippen LogP contribution in [0.3, 0.4) is 0 Å². The Hall–Kier alpha value is -2.86. The highest BCUT2D eigenvalue weighted by atomic mass is 32.1. The molecule has 1 aromatic heterocycles. The van der Waals surface area contributed by atoms with Gasteiger partial charge in [0.05, 0.1) is 12.3 Å². The molecular formula is C21H22N2O3S. The summed E-state index contributed by atoms with van der Waals surface area (Å²) in [6, 6.07) is 13.5. The molecule has 0 atom stereocenters. The first-order chi connectivity index (χ1) is 13.1. The monoisotopic (exact) mass is 382 g/mol. The molecule has 3 aromatic rings. The lowest BCUT2D eigenvalue weighted by molar-refractivity contribution is -0.118. The summed E-state index contributed by atoms with van der Waals surface area (Å²) in [5.41, 5.74) is 4.34. The summed E-state index contributed by atoms with van der Waals surface area (Å²) in [5, 5.41) is 5.27. The van der Waals surface area contributed by atoms with Gasteiger partial charge in [-0.05, 0) is 50.1 Å². The second kappa shape index (κ2) is 8.68. The minimum absolute atomic E-state index is 0.108. The smallest absolute Gasteiger partial charge is 0.264 e. The third kappa shape index (κ3) is 4.86. The number of aryl methyl sites for hydroxylation is 2. The van der Waals surface area contributed by atoms with Gasteiger partial charge in [0.2, 0.25) is 0 Å². The van der Waals surface area contributed by atoms with Crippen LogP contribution in [0.15, 0.2) is 47.8 Å². The van der Waals surface area contributed by atoms with Gasteiger partial charge in [-0.3, -0.25) is 10.1 Å². The van der Waals surface area contributed by atoms with Crippen LogP contribution in [-0.4, -0.2) is 24.1 Å². The average molecular weight is 382 g/mol. The highest BCUT2D eigenvalue weighted by Gasteiger charge is 2.11. The number of anilines is 1. The van der Waals surface area contributed by atoms with Crippen LogP contribution in [0.4, 0.5) is 5.13 Å². The predicted octanol–water partition coefficient (Wildman–Crippen LogP) is 4.84. The quantitative estimate of drug-likeness (QED) is 0.635. The fraction of sp³-hybridized carbons (Fsp3) is 0.238. The standard InChI is InChI=1S/C21H22N2O3S/c1-4-25-18-7-5-6-8-19(18)26-12-20(24)23-21-22-17(13-27-21)16-10-9-14(2)15(3)11-16/h5-11,13H,4,12H2,1-3H3,(H,22,23,24). The van der Waals surface area contributed by atoms with Crippen molar-refractivity contribution in [3.63, 3.8) is 0 Å². The number of nitrogens with one attached hydrogen (secondary N) is 1. The summed E-state index contributed by atoms with van der Waals surface area (Å²) in [6.07, 6.45) is 0. The van der Waals surface area contributed by atoms with Crippen molar-refractivity contribution >= 4 is 22.4 Å². The molecule has 0 aliphatic carbocycles. The van der Waals surface area contributed by atoms with Crippen molar-refractivity contribution in [2.75, 3.05) is 18.5 Å². The zero-order chi connectivity index (χ0) is 19.2. The number of benzene rings is 2. The zero-order valence-corrected chi connectivity index (χ0v) is 16.4. The number of thiazole rings is 1. The molecule has 1 N–H and O–H groups in total. The Bertz CT molecular complexity index is 937. The number of ether oxygens (including phenoxy) is 2. The molecule has 0 bridgehead atoms. The summed E-state index contributed by atoms with van der Waals surface area (Å²) in [4.78, 5) is 16.7. The van der Waals surface area contributed by atoms with E-state index in [2.05, 4.69) is 36.3 Å². The SMILES string of the molecule is CCOc1ccccc1OCC(=O)Nc1nc(-c2ccc(C)c(C)c2)cs1. The van der Waals surface area contributed by atoms with Crippen LogP contribution in [0.1, 0.15) is 18.1 Å². The topological polar surface area (TPSA) is 60.5 Å². The number of aromatic nitrogens is 1. The van der Waals surface area contributed by atoms with Crippen molar-refractivity contribution in [2.45, 2.75) is 20.8 Å². The molecule has 0 aliphatic heterocycles. The Balaban J connectivity index is 1.60. The lowest BCUT2D eigenvalue weighted by Crippen LogP contribution is -2.20. The summed E-state index contributed by atoms with van der Waals surface area (Å²) >= 11 is 1.39. The van der Waals surface area contributed by atoms with Gasteiger partial charge < -0.3 is 9.47 Å². The molecule has 0 saturated carbocycles. The van der Waals surface area contributed by atoms with Gasteiger partial charge in [0, 0.05) is 10.9 Å². The van der Waals surface area contributed by atoms with Crippen LogP contribution in [0, 0.1) is 13.8 Å². The molecule has 27 heavy (non-hydrogen) atoms. The molecular weight excluding hydrogens is 360 g/mol. The predicted molar refractivity (Wildman–Crippen MR) is 109 cm³/mol. The lowest BCUT2D eigenvalue weighted by Gasteiger charge is -2.11. The van der Waals surface area contributed by atoms with Crippen LogP contribution < -0.4 is 14.8 Å². The molecule has 2 aromatic carbocycles. The Kier molecular flexibility index (Phi) is 6.08. The van der Waals surface area contributed by atoms with Crippen molar-refractivity contribution in [3.8, 4) is 22.8 Å². The lowest BCUT2D eigenvalue weighted by atomic mass is 10.1. The highest BCUT2D eigenvalue weighted by Crippen LogP contribution is 2.28. The van der Waals surface area contributed by atoms with Gasteiger partial charge >= 0.3 is 0 Å². The largest absolute Gasteiger partial charge is 0.490 e. The molecule has 3 rings (SSSR count). The van der Waals surface area contributed by atoms with Crippen LogP contribution in [0.25, 0.3) is 11.3 Å². The van der Waals surface area contributed by atoms with E-state index in [-0.39, 0.29) is 12.5 Å². The average Bonchev–Trinajstić information content (AvgIpc) is 3.12. The zero-order valence-electron chi connectivity index (χ0n) is 15.6. The summed E-state index contributed by atoms with van der Waals surface area (Å²) in [5.74, 6) is 0.908. The maximum absolute atomic E-state index is 12.2. The second-order valence-electron chi connectivity index (χ2n) is 6.05. The molecule has 5 nitrogen and oxygen atoms in total. The van der Waals surface area contributed by atoms with Crippen LogP contribution in [-0.2, 0) is 4.79 Å². The first kappa shape index (κ1) is 18.9. The Labute approximate surface area is 163 Å². The number of carbonyl (C=O) groups excluding carboxylic acids is 1.